The Morgan fingerprint density at radius 3 is 2.39 bits per heavy atom. The van der Waals surface area contributed by atoms with Crippen LogP contribution in [-0.4, -0.2) is 13.2 Å². The SMILES string of the molecule is Cc1cc(C)c(C(Br)C2CCOCC2C)c(C)c1. The summed E-state index contributed by atoms with van der Waals surface area (Å²) in [5.74, 6) is 1.31. The maximum atomic E-state index is 5.56. The largest absolute Gasteiger partial charge is 0.381 e. The lowest BCUT2D eigenvalue weighted by molar-refractivity contribution is 0.0240. The smallest absolute Gasteiger partial charge is 0.0494 e. The van der Waals surface area contributed by atoms with Crippen LogP contribution in [-0.2, 0) is 4.74 Å². The number of benzene rings is 1. The predicted octanol–water partition coefficient (Wildman–Crippen LogP) is 4.72. The molecule has 1 aliphatic rings. The topological polar surface area (TPSA) is 9.23 Å². The molecule has 0 N–H and O–H groups in total. The second kappa shape index (κ2) is 5.75. The summed E-state index contributed by atoms with van der Waals surface area (Å²) in [6, 6.07) is 4.58. The van der Waals surface area contributed by atoms with Crippen molar-refractivity contribution in [2.75, 3.05) is 13.2 Å². The highest BCUT2D eigenvalue weighted by Crippen LogP contribution is 2.42. The Bertz CT molecular complexity index is 404. The average Bonchev–Trinajstić information content (AvgIpc) is 2.27. The van der Waals surface area contributed by atoms with Gasteiger partial charge in [-0.3, -0.25) is 0 Å². The minimum Gasteiger partial charge on any atom is -0.381 e. The molecule has 1 aromatic carbocycles. The summed E-state index contributed by atoms with van der Waals surface area (Å²) in [6.45, 7) is 10.7. The highest BCUT2D eigenvalue weighted by molar-refractivity contribution is 9.09. The third-order valence-corrected chi connectivity index (χ3v) is 5.23. The molecular formula is C16H23BrO. The van der Waals surface area contributed by atoms with Gasteiger partial charge in [-0.05, 0) is 55.7 Å². The molecule has 1 nitrogen and oxygen atoms in total. The first-order valence-corrected chi connectivity index (χ1v) is 7.72. The highest BCUT2D eigenvalue weighted by Gasteiger charge is 2.30. The van der Waals surface area contributed by atoms with Crippen LogP contribution in [0, 0.1) is 32.6 Å². The van der Waals surface area contributed by atoms with Crippen molar-refractivity contribution >= 4 is 15.9 Å². The fourth-order valence-corrected chi connectivity index (χ4v) is 4.68. The van der Waals surface area contributed by atoms with E-state index in [2.05, 4.69) is 55.8 Å². The number of ether oxygens (including phenoxy) is 1. The van der Waals surface area contributed by atoms with E-state index in [9.17, 15) is 0 Å². The summed E-state index contributed by atoms with van der Waals surface area (Å²) >= 11 is 3.96. The number of aryl methyl sites for hydroxylation is 3. The van der Waals surface area contributed by atoms with Gasteiger partial charge < -0.3 is 4.74 Å². The summed E-state index contributed by atoms with van der Waals surface area (Å²) in [5.41, 5.74) is 5.66. The number of halogens is 1. The first-order valence-electron chi connectivity index (χ1n) is 6.80. The molecule has 0 aromatic heterocycles. The van der Waals surface area contributed by atoms with Gasteiger partial charge in [0.15, 0.2) is 0 Å². The number of hydrogen-bond donors (Lipinski definition) is 0. The zero-order valence-corrected chi connectivity index (χ0v) is 13.4. The van der Waals surface area contributed by atoms with Crippen LogP contribution in [0.5, 0.6) is 0 Å². The molecule has 0 spiro atoms. The van der Waals surface area contributed by atoms with Crippen LogP contribution in [0.2, 0.25) is 0 Å². The quantitative estimate of drug-likeness (QED) is 0.718. The summed E-state index contributed by atoms with van der Waals surface area (Å²) in [6.07, 6.45) is 1.16. The van der Waals surface area contributed by atoms with Crippen LogP contribution in [0.15, 0.2) is 12.1 Å². The summed E-state index contributed by atoms with van der Waals surface area (Å²) in [5, 5.41) is 0. The maximum absolute atomic E-state index is 5.56. The first-order chi connectivity index (χ1) is 8.50. The van der Waals surface area contributed by atoms with Crippen molar-refractivity contribution in [2.24, 2.45) is 11.8 Å². The Morgan fingerprint density at radius 2 is 1.83 bits per heavy atom. The molecule has 1 saturated heterocycles. The van der Waals surface area contributed by atoms with E-state index in [1.165, 1.54) is 22.3 Å². The molecular weight excluding hydrogens is 288 g/mol. The zero-order valence-electron chi connectivity index (χ0n) is 11.8. The van der Waals surface area contributed by atoms with Gasteiger partial charge in [0, 0.05) is 18.0 Å². The Balaban J connectivity index is 2.30. The molecule has 18 heavy (non-hydrogen) atoms. The average molecular weight is 311 g/mol. The zero-order chi connectivity index (χ0) is 13.3. The van der Waals surface area contributed by atoms with Gasteiger partial charge in [-0.25, -0.2) is 0 Å². The van der Waals surface area contributed by atoms with Gasteiger partial charge in [-0.15, -0.1) is 0 Å². The van der Waals surface area contributed by atoms with Crippen LogP contribution < -0.4 is 0 Å². The molecule has 1 aliphatic heterocycles. The molecule has 100 valence electrons. The normalized spacial score (nSPS) is 26.1. The molecule has 2 heteroatoms. The van der Waals surface area contributed by atoms with Crippen molar-refractivity contribution < 1.29 is 4.74 Å². The van der Waals surface area contributed by atoms with Crippen molar-refractivity contribution in [3.05, 3.63) is 34.4 Å². The van der Waals surface area contributed by atoms with Crippen molar-refractivity contribution in [2.45, 2.75) is 38.9 Å². The van der Waals surface area contributed by atoms with E-state index in [1.807, 2.05) is 0 Å². The number of hydrogen-bond acceptors (Lipinski definition) is 1. The Kier molecular flexibility index (Phi) is 4.50. The minimum absolute atomic E-state index is 0.456. The number of alkyl halides is 1. The van der Waals surface area contributed by atoms with E-state index in [1.54, 1.807) is 0 Å². The first kappa shape index (κ1) is 14.1. The van der Waals surface area contributed by atoms with Crippen LogP contribution in [0.25, 0.3) is 0 Å². The van der Waals surface area contributed by atoms with Crippen molar-refractivity contribution in [3.8, 4) is 0 Å². The molecule has 0 saturated carbocycles. The molecule has 3 atom stereocenters. The molecule has 1 heterocycles. The summed E-state index contributed by atoms with van der Waals surface area (Å²) in [7, 11) is 0. The van der Waals surface area contributed by atoms with E-state index < -0.39 is 0 Å². The molecule has 0 aliphatic carbocycles. The molecule has 3 unspecified atom stereocenters. The standard InChI is InChI=1S/C16H23BrO/c1-10-7-11(2)15(12(3)8-10)16(17)14-5-6-18-9-13(14)4/h7-8,13-14,16H,5-6,9H2,1-4H3. The van der Waals surface area contributed by atoms with Crippen LogP contribution >= 0.6 is 15.9 Å². The van der Waals surface area contributed by atoms with Gasteiger partial charge in [0.1, 0.15) is 0 Å². The van der Waals surface area contributed by atoms with Gasteiger partial charge in [0.25, 0.3) is 0 Å². The van der Waals surface area contributed by atoms with E-state index in [0.717, 1.165) is 19.6 Å². The van der Waals surface area contributed by atoms with Gasteiger partial charge in [-0.2, -0.15) is 0 Å². The molecule has 1 aromatic rings. The second-order valence-corrected chi connectivity index (χ2v) is 6.71. The lowest BCUT2D eigenvalue weighted by Crippen LogP contribution is -2.28. The highest BCUT2D eigenvalue weighted by atomic mass is 79.9. The van der Waals surface area contributed by atoms with Crippen LogP contribution in [0.4, 0.5) is 0 Å². The molecule has 0 bridgehead atoms. The minimum atomic E-state index is 0.456. The lowest BCUT2D eigenvalue weighted by Gasteiger charge is -2.34. The molecule has 2 rings (SSSR count). The van der Waals surface area contributed by atoms with Crippen LogP contribution in [0.1, 0.15) is 40.4 Å². The van der Waals surface area contributed by atoms with Crippen LogP contribution in [0.3, 0.4) is 0 Å². The fraction of sp³-hybridized carbons (Fsp3) is 0.625. The Morgan fingerprint density at radius 1 is 1.22 bits per heavy atom. The number of rotatable bonds is 2. The van der Waals surface area contributed by atoms with Gasteiger partial charge >= 0.3 is 0 Å². The van der Waals surface area contributed by atoms with E-state index in [4.69, 9.17) is 4.74 Å². The second-order valence-electron chi connectivity index (χ2n) is 5.72. The van der Waals surface area contributed by atoms with Crippen molar-refractivity contribution in [3.63, 3.8) is 0 Å². The van der Waals surface area contributed by atoms with Gasteiger partial charge in [0.05, 0.1) is 0 Å². The van der Waals surface area contributed by atoms with E-state index >= 15 is 0 Å². The molecule has 1 fully saturated rings. The van der Waals surface area contributed by atoms with E-state index in [0.29, 0.717) is 16.7 Å². The molecule has 0 amide bonds. The summed E-state index contributed by atoms with van der Waals surface area (Å²) in [4.78, 5) is 0.456. The Hall–Kier alpha value is -0.340. The third kappa shape index (κ3) is 2.80. The maximum Gasteiger partial charge on any atom is 0.0494 e. The Labute approximate surface area is 119 Å². The third-order valence-electron chi connectivity index (χ3n) is 4.10. The lowest BCUT2D eigenvalue weighted by atomic mass is 9.82. The fourth-order valence-electron chi connectivity index (χ4n) is 3.17. The predicted molar refractivity (Wildman–Crippen MR) is 80.4 cm³/mol. The van der Waals surface area contributed by atoms with Crippen molar-refractivity contribution in [1.82, 2.24) is 0 Å². The van der Waals surface area contributed by atoms with Crippen molar-refractivity contribution in [1.29, 1.82) is 0 Å². The summed E-state index contributed by atoms with van der Waals surface area (Å²) < 4.78 is 5.56. The van der Waals surface area contributed by atoms with Gasteiger partial charge in [0.2, 0.25) is 0 Å². The van der Waals surface area contributed by atoms with E-state index in [-0.39, 0.29) is 0 Å². The molecule has 0 radical (unpaired) electrons. The van der Waals surface area contributed by atoms with Gasteiger partial charge in [-0.1, -0.05) is 40.5 Å². The monoisotopic (exact) mass is 310 g/mol.